The van der Waals surface area contributed by atoms with Crippen LogP contribution in [0.2, 0.25) is 0 Å². The second-order valence-electron chi connectivity index (χ2n) is 4.67. The number of nitrogens with one attached hydrogen (secondary N) is 1. The van der Waals surface area contributed by atoms with E-state index in [-0.39, 0.29) is 5.91 Å². The fourth-order valence-corrected chi connectivity index (χ4v) is 2.08. The summed E-state index contributed by atoms with van der Waals surface area (Å²) < 4.78 is 1.62. The molecule has 0 aliphatic rings. The number of hydrogen-bond acceptors (Lipinski definition) is 4. The lowest BCUT2D eigenvalue weighted by molar-refractivity contribution is 0.0952. The van der Waals surface area contributed by atoms with E-state index in [1.54, 1.807) is 29.3 Å². The van der Waals surface area contributed by atoms with Crippen molar-refractivity contribution in [2.75, 3.05) is 0 Å². The molecule has 0 radical (unpaired) electrons. The molecule has 1 amide bonds. The van der Waals surface area contributed by atoms with Gasteiger partial charge in [-0.1, -0.05) is 24.3 Å². The molecule has 1 aromatic carbocycles. The van der Waals surface area contributed by atoms with Crippen LogP contribution in [0, 0.1) is 0 Å². The van der Waals surface area contributed by atoms with Crippen molar-refractivity contribution in [2.45, 2.75) is 13.1 Å². The summed E-state index contributed by atoms with van der Waals surface area (Å²) in [5, 5.41) is 7.00. The van der Waals surface area contributed by atoms with E-state index in [9.17, 15) is 4.79 Å². The molecule has 6 nitrogen and oxygen atoms in total. The van der Waals surface area contributed by atoms with E-state index in [0.717, 1.165) is 11.1 Å². The molecule has 0 saturated heterocycles. The van der Waals surface area contributed by atoms with Gasteiger partial charge in [-0.2, -0.15) is 5.10 Å². The van der Waals surface area contributed by atoms with Gasteiger partial charge in [-0.25, -0.2) is 4.52 Å². The van der Waals surface area contributed by atoms with Crippen molar-refractivity contribution in [3.8, 4) is 0 Å². The van der Waals surface area contributed by atoms with Gasteiger partial charge in [-0.05, 0) is 11.1 Å². The molecule has 21 heavy (non-hydrogen) atoms. The van der Waals surface area contributed by atoms with E-state index in [1.165, 1.54) is 0 Å². The van der Waals surface area contributed by atoms with Gasteiger partial charge in [-0.15, -0.1) is 0 Å². The lowest BCUT2D eigenvalue weighted by atomic mass is 10.1. The standard InChI is InChI=1S/C15H15N5O/c16-7-11-1-3-12(4-2-11)8-18-15(21)13-9-19-20-6-5-17-10-14(13)20/h1-6,9-10H,7-8,16H2,(H,18,21). The van der Waals surface area contributed by atoms with Crippen LogP contribution in [0.5, 0.6) is 0 Å². The summed E-state index contributed by atoms with van der Waals surface area (Å²) in [6.45, 7) is 0.976. The number of fused-ring (bicyclic) bond motifs is 1. The minimum Gasteiger partial charge on any atom is -0.348 e. The Morgan fingerprint density at radius 3 is 2.71 bits per heavy atom. The van der Waals surface area contributed by atoms with Crippen molar-refractivity contribution in [3.63, 3.8) is 0 Å². The second kappa shape index (κ2) is 5.72. The van der Waals surface area contributed by atoms with Crippen molar-refractivity contribution >= 4 is 11.4 Å². The van der Waals surface area contributed by atoms with Crippen molar-refractivity contribution in [1.82, 2.24) is 19.9 Å². The minimum atomic E-state index is -0.166. The lowest BCUT2D eigenvalue weighted by Crippen LogP contribution is -2.22. The maximum absolute atomic E-state index is 12.2. The van der Waals surface area contributed by atoms with Gasteiger partial charge in [0.25, 0.3) is 5.91 Å². The number of benzene rings is 1. The van der Waals surface area contributed by atoms with Crippen LogP contribution in [-0.4, -0.2) is 20.5 Å². The highest BCUT2D eigenvalue weighted by Crippen LogP contribution is 2.09. The third-order valence-corrected chi connectivity index (χ3v) is 3.28. The summed E-state index contributed by atoms with van der Waals surface area (Å²) in [6.07, 6.45) is 6.50. The smallest absolute Gasteiger partial charge is 0.255 e. The van der Waals surface area contributed by atoms with E-state index in [1.807, 2.05) is 24.3 Å². The molecule has 0 unspecified atom stereocenters. The van der Waals surface area contributed by atoms with Crippen LogP contribution in [-0.2, 0) is 13.1 Å². The van der Waals surface area contributed by atoms with E-state index in [0.29, 0.717) is 24.2 Å². The van der Waals surface area contributed by atoms with E-state index in [4.69, 9.17) is 5.73 Å². The van der Waals surface area contributed by atoms with Gasteiger partial charge in [0.1, 0.15) is 0 Å². The molecule has 0 aliphatic carbocycles. The molecule has 3 N–H and O–H groups in total. The number of aromatic nitrogens is 3. The number of carbonyl (C=O) groups excluding carboxylic acids is 1. The number of nitrogens with two attached hydrogens (primary N) is 1. The Kier molecular flexibility index (Phi) is 3.61. The number of hydrogen-bond donors (Lipinski definition) is 2. The van der Waals surface area contributed by atoms with Crippen LogP contribution in [0.1, 0.15) is 21.5 Å². The molecule has 3 rings (SSSR count). The summed E-state index contributed by atoms with van der Waals surface area (Å²) in [6, 6.07) is 7.84. The van der Waals surface area contributed by atoms with Gasteiger partial charge >= 0.3 is 0 Å². The Bertz CT molecular complexity index is 763. The number of carbonyl (C=O) groups is 1. The van der Waals surface area contributed by atoms with E-state index >= 15 is 0 Å². The quantitative estimate of drug-likeness (QED) is 0.750. The summed E-state index contributed by atoms with van der Waals surface area (Å²) in [4.78, 5) is 16.2. The number of nitrogens with zero attached hydrogens (tertiary/aromatic N) is 3. The fraction of sp³-hybridized carbons (Fsp3) is 0.133. The third-order valence-electron chi connectivity index (χ3n) is 3.28. The molecular weight excluding hydrogens is 266 g/mol. The summed E-state index contributed by atoms with van der Waals surface area (Å²) in [7, 11) is 0. The summed E-state index contributed by atoms with van der Waals surface area (Å²) in [5.74, 6) is -0.166. The zero-order valence-electron chi connectivity index (χ0n) is 11.4. The Labute approximate surface area is 121 Å². The summed E-state index contributed by atoms with van der Waals surface area (Å²) >= 11 is 0. The zero-order chi connectivity index (χ0) is 14.7. The van der Waals surface area contributed by atoms with Crippen molar-refractivity contribution < 1.29 is 4.79 Å². The van der Waals surface area contributed by atoms with Crippen molar-refractivity contribution in [1.29, 1.82) is 0 Å². The average molecular weight is 281 g/mol. The van der Waals surface area contributed by atoms with Crippen LogP contribution in [0.15, 0.2) is 49.1 Å². The molecular formula is C15H15N5O. The first kappa shape index (κ1) is 13.3. The van der Waals surface area contributed by atoms with Crippen LogP contribution < -0.4 is 11.1 Å². The Hall–Kier alpha value is -2.73. The van der Waals surface area contributed by atoms with Crippen LogP contribution in [0.4, 0.5) is 0 Å². The van der Waals surface area contributed by atoms with E-state index in [2.05, 4.69) is 15.4 Å². The molecule has 2 heterocycles. The van der Waals surface area contributed by atoms with Gasteiger partial charge in [0.15, 0.2) is 0 Å². The summed E-state index contributed by atoms with van der Waals surface area (Å²) in [5.41, 5.74) is 8.85. The minimum absolute atomic E-state index is 0.166. The molecule has 2 aromatic heterocycles. The molecule has 0 aliphatic heterocycles. The van der Waals surface area contributed by atoms with Gasteiger partial charge in [0.2, 0.25) is 0 Å². The SMILES string of the molecule is NCc1ccc(CNC(=O)c2cnn3ccncc23)cc1. The number of rotatable bonds is 4. The van der Waals surface area contributed by atoms with Crippen LogP contribution in [0.25, 0.3) is 5.52 Å². The molecule has 0 spiro atoms. The van der Waals surface area contributed by atoms with Crippen LogP contribution in [0.3, 0.4) is 0 Å². The fourth-order valence-electron chi connectivity index (χ4n) is 2.08. The molecule has 0 saturated carbocycles. The maximum atomic E-state index is 12.2. The molecule has 6 heteroatoms. The van der Waals surface area contributed by atoms with Gasteiger partial charge in [0.05, 0.1) is 23.5 Å². The average Bonchev–Trinajstić information content (AvgIpc) is 2.97. The zero-order valence-corrected chi connectivity index (χ0v) is 11.4. The van der Waals surface area contributed by atoms with Crippen molar-refractivity contribution in [2.24, 2.45) is 5.73 Å². The van der Waals surface area contributed by atoms with Gasteiger partial charge in [0, 0.05) is 25.5 Å². The highest BCUT2D eigenvalue weighted by molar-refractivity contribution is 6.00. The number of amides is 1. The largest absolute Gasteiger partial charge is 0.348 e. The second-order valence-corrected chi connectivity index (χ2v) is 4.67. The predicted molar refractivity (Wildman–Crippen MR) is 78.5 cm³/mol. The Balaban J connectivity index is 1.71. The third kappa shape index (κ3) is 2.75. The first-order chi connectivity index (χ1) is 10.3. The molecule has 0 fully saturated rings. The van der Waals surface area contributed by atoms with Crippen molar-refractivity contribution in [3.05, 3.63) is 65.7 Å². The molecule has 3 aromatic rings. The van der Waals surface area contributed by atoms with E-state index < -0.39 is 0 Å². The van der Waals surface area contributed by atoms with Gasteiger partial charge in [-0.3, -0.25) is 9.78 Å². The molecule has 0 bridgehead atoms. The topological polar surface area (TPSA) is 85.3 Å². The van der Waals surface area contributed by atoms with Gasteiger partial charge < -0.3 is 11.1 Å². The Morgan fingerprint density at radius 1 is 1.19 bits per heavy atom. The highest BCUT2D eigenvalue weighted by atomic mass is 16.1. The first-order valence-corrected chi connectivity index (χ1v) is 6.61. The maximum Gasteiger partial charge on any atom is 0.255 e. The lowest BCUT2D eigenvalue weighted by Gasteiger charge is -2.05. The molecule has 106 valence electrons. The highest BCUT2D eigenvalue weighted by Gasteiger charge is 2.12. The Morgan fingerprint density at radius 2 is 1.95 bits per heavy atom. The monoisotopic (exact) mass is 281 g/mol. The molecule has 0 atom stereocenters. The first-order valence-electron chi connectivity index (χ1n) is 6.61. The normalized spacial score (nSPS) is 10.7. The predicted octanol–water partition coefficient (Wildman–Crippen LogP) is 1.12. The van der Waals surface area contributed by atoms with Crippen LogP contribution >= 0.6 is 0 Å².